The van der Waals surface area contributed by atoms with Gasteiger partial charge in [0.25, 0.3) is 0 Å². The minimum absolute atomic E-state index is 0.193. The predicted molar refractivity (Wildman–Crippen MR) is 79.3 cm³/mol. The molecule has 9 nitrogen and oxygen atoms in total. The third-order valence-electron chi connectivity index (χ3n) is 5.20. The highest BCUT2D eigenvalue weighted by Crippen LogP contribution is 2.41. The van der Waals surface area contributed by atoms with Gasteiger partial charge in [0.1, 0.15) is 18.3 Å². The molecule has 2 heterocycles. The van der Waals surface area contributed by atoms with Gasteiger partial charge in [-0.3, -0.25) is 0 Å². The molecule has 0 bridgehead atoms. The molecule has 2 aliphatic heterocycles. The lowest BCUT2D eigenvalue weighted by Gasteiger charge is -2.57. The van der Waals surface area contributed by atoms with E-state index in [1.165, 1.54) is 0 Å². The van der Waals surface area contributed by atoms with E-state index in [4.69, 9.17) is 19.9 Å². The van der Waals surface area contributed by atoms with Crippen LogP contribution in [0.1, 0.15) is 13.3 Å². The molecule has 0 radical (unpaired) electrons. The van der Waals surface area contributed by atoms with Crippen LogP contribution in [0.2, 0.25) is 0 Å². The normalized spacial score (nSPS) is 56.7. The lowest BCUT2D eigenvalue weighted by atomic mass is 9.79. The summed E-state index contributed by atoms with van der Waals surface area (Å²) in [7, 11) is 3.33. The summed E-state index contributed by atoms with van der Waals surface area (Å²) in [5, 5.41) is 37.7. The van der Waals surface area contributed by atoms with Crippen LogP contribution in [0.3, 0.4) is 0 Å². The molecular formula is C14H27N3O6. The molecule has 0 spiro atoms. The topological polar surface area (TPSA) is 138 Å². The van der Waals surface area contributed by atoms with Gasteiger partial charge in [-0.25, -0.2) is 0 Å². The molecule has 23 heavy (non-hydrogen) atoms. The van der Waals surface area contributed by atoms with E-state index in [9.17, 15) is 15.3 Å². The highest BCUT2D eigenvalue weighted by atomic mass is 16.8. The first-order chi connectivity index (χ1) is 10.8. The van der Waals surface area contributed by atoms with Crippen molar-refractivity contribution in [2.24, 2.45) is 5.73 Å². The lowest BCUT2D eigenvalue weighted by Crippen LogP contribution is -2.79. The summed E-state index contributed by atoms with van der Waals surface area (Å²) in [5.41, 5.74) is 6.05. The van der Waals surface area contributed by atoms with Gasteiger partial charge in [-0.05, 0) is 27.4 Å². The van der Waals surface area contributed by atoms with Gasteiger partial charge in [0.2, 0.25) is 12.1 Å². The van der Waals surface area contributed by atoms with Gasteiger partial charge in [-0.15, -0.1) is 0 Å². The second kappa shape index (κ2) is 6.17. The number of hydrogen-bond donors (Lipinski definition) is 6. The van der Waals surface area contributed by atoms with Gasteiger partial charge >= 0.3 is 0 Å². The van der Waals surface area contributed by atoms with Gasteiger partial charge in [0.05, 0.1) is 30.3 Å². The SMILES string of the molecule is CNC1C(O)C(NC)C2OC3(O)C(N)CC(C)OC3OC2C1O. The second-order valence-electron chi connectivity index (χ2n) is 6.67. The van der Waals surface area contributed by atoms with Gasteiger partial charge in [0.15, 0.2) is 0 Å². The quantitative estimate of drug-likeness (QED) is 0.309. The second-order valence-corrected chi connectivity index (χ2v) is 6.67. The summed E-state index contributed by atoms with van der Waals surface area (Å²) in [6, 6.07) is -1.83. The zero-order chi connectivity index (χ0) is 16.9. The number of hydrogen-bond acceptors (Lipinski definition) is 9. The predicted octanol–water partition coefficient (Wildman–Crippen LogP) is -3.17. The van der Waals surface area contributed by atoms with E-state index in [1.54, 1.807) is 14.1 Å². The summed E-state index contributed by atoms with van der Waals surface area (Å²) in [6.45, 7) is 1.84. The summed E-state index contributed by atoms with van der Waals surface area (Å²) < 4.78 is 17.3. The smallest absolute Gasteiger partial charge is 0.234 e. The van der Waals surface area contributed by atoms with Gasteiger partial charge < -0.3 is 45.9 Å². The van der Waals surface area contributed by atoms with Crippen molar-refractivity contribution < 1.29 is 29.5 Å². The molecule has 0 aromatic rings. The van der Waals surface area contributed by atoms with Crippen molar-refractivity contribution in [3.63, 3.8) is 0 Å². The first-order valence-corrected chi connectivity index (χ1v) is 8.00. The number of nitrogens with two attached hydrogens (primary N) is 1. The number of aliphatic hydroxyl groups excluding tert-OH is 2. The molecule has 0 aromatic carbocycles. The number of rotatable bonds is 2. The summed E-state index contributed by atoms with van der Waals surface area (Å²) in [6.07, 6.45) is -4.34. The Labute approximate surface area is 135 Å². The zero-order valence-corrected chi connectivity index (χ0v) is 13.5. The van der Waals surface area contributed by atoms with Crippen molar-refractivity contribution in [2.45, 2.75) is 74.1 Å². The summed E-state index contributed by atoms with van der Waals surface area (Å²) >= 11 is 0. The van der Waals surface area contributed by atoms with E-state index < -0.39 is 54.6 Å². The Balaban J connectivity index is 1.91. The number of fused-ring (bicyclic) bond motifs is 2. The van der Waals surface area contributed by atoms with Crippen molar-refractivity contribution >= 4 is 0 Å². The summed E-state index contributed by atoms with van der Waals surface area (Å²) in [4.78, 5) is 0. The number of nitrogens with one attached hydrogen (secondary N) is 2. The molecule has 2 saturated heterocycles. The Kier molecular flexibility index (Phi) is 4.69. The van der Waals surface area contributed by atoms with Crippen molar-refractivity contribution in [1.82, 2.24) is 10.6 Å². The average molecular weight is 333 g/mol. The Morgan fingerprint density at radius 3 is 2.30 bits per heavy atom. The van der Waals surface area contributed by atoms with Gasteiger partial charge in [-0.2, -0.15) is 0 Å². The molecule has 10 unspecified atom stereocenters. The van der Waals surface area contributed by atoms with Crippen molar-refractivity contribution in [1.29, 1.82) is 0 Å². The van der Waals surface area contributed by atoms with E-state index >= 15 is 0 Å². The minimum Gasteiger partial charge on any atom is -0.390 e. The van der Waals surface area contributed by atoms with Crippen molar-refractivity contribution in [3.8, 4) is 0 Å². The molecule has 1 aliphatic carbocycles. The van der Waals surface area contributed by atoms with Crippen LogP contribution in [0, 0.1) is 0 Å². The van der Waals surface area contributed by atoms with Gasteiger partial charge in [0, 0.05) is 0 Å². The average Bonchev–Trinajstić information content (AvgIpc) is 2.49. The Hall–Kier alpha value is -0.360. The van der Waals surface area contributed by atoms with E-state index in [0.29, 0.717) is 6.42 Å². The van der Waals surface area contributed by atoms with Crippen molar-refractivity contribution in [3.05, 3.63) is 0 Å². The Morgan fingerprint density at radius 1 is 1.04 bits per heavy atom. The molecule has 7 N–H and O–H groups in total. The molecule has 0 aromatic heterocycles. The Bertz CT molecular complexity index is 443. The number of aliphatic hydroxyl groups is 3. The first kappa shape index (κ1) is 17.5. The van der Waals surface area contributed by atoms with Crippen LogP contribution in [0.15, 0.2) is 0 Å². The van der Waals surface area contributed by atoms with Crippen LogP contribution in [-0.2, 0) is 14.2 Å². The maximum absolute atomic E-state index is 10.8. The zero-order valence-electron chi connectivity index (χ0n) is 13.5. The van der Waals surface area contributed by atoms with Crippen molar-refractivity contribution in [2.75, 3.05) is 14.1 Å². The molecule has 3 aliphatic rings. The fourth-order valence-corrected chi connectivity index (χ4v) is 3.90. The Morgan fingerprint density at radius 2 is 1.70 bits per heavy atom. The molecule has 1 saturated carbocycles. The minimum atomic E-state index is -1.81. The third kappa shape index (κ3) is 2.60. The molecule has 3 rings (SSSR count). The summed E-state index contributed by atoms with van der Waals surface area (Å²) in [5.74, 6) is -1.81. The first-order valence-electron chi connectivity index (χ1n) is 8.00. The maximum Gasteiger partial charge on any atom is 0.234 e. The van der Waals surface area contributed by atoms with Crippen LogP contribution >= 0.6 is 0 Å². The van der Waals surface area contributed by atoms with E-state index in [0.717, 1.165) is 0 Å². The van der Waals surface area contributed by atoms with Crippen LogP contribution in [0.4, 0.5) is 0 Å². The molecule has 134 valence electrons. The molecule has 3 fully saturated rings. The largest absolute Gasteiger partial charge is 0.390 e. The highest BCUT2D eigenvalue weighted by molar-refractivity contribution is 5.09. The number of likely N-dealkylation sites (N-methyl/N-ethyl adjacent to an activating group) is 2. The van der Waals surface area contributed by atoms with Crippen LogP contribution < -0.4 is 16.4 Å². The van der Waals surface area contributed by atoms with E-state index in [1.807, 2.05) is 6.92 Å². The monoisotopic (exact) mass is 333 g/mol. The fourth-order valence-electron chi connectivity index (χ4n) is 3.90. The molecule has 9 heteroatoms. The van der Waals surface area contributed by atoms with E-state index in [2.05, 4.69) is 10.6 Å². The van der Waals surface area contributed by atoms with Gasteiger partial charge in [-0.1, -0.05) is 0 Å². The van der Waals surface area contributed by atoms with Crippen LogP contribution in [0.5, 0.6) is 0 Å². The highest BCUT2D eigenvalue weighted by Gasteiger charge is 2.62. The third-order valence-corrected chi connectivity index (χ3v) is 5.20. The maximum atomic E-state index is 10.8. The molecular weight excluding hydrogens is 306 g/mol. The molecule has 0 amide bonds. The molecule has 10 atom stereocenters. The van der Waals surface area contributed by atoms with Crippen LogP contribution in [0.25, 0.3) is 0 Å². The van der Waals surface area contributed by atoms with Crippen LogP contribution in [-0.4, -0.2) is 90.1 Å². The lowest BCUT2D eigenvalue weighted by molar-refractivity contribution is -0.447. The standard InChI is InChI=1S/C14H27N3O6/c1-5-4-6(15)14(20)13(21-5)22-12-10(19)7(16-2)9(18)8(17-3)11(12)23-14/h5-13,16-20H,4,15H2,1-3H3. The number of ether oxygens (including phenoxy) is 3. The van der Waals surface area contributed by atoms with E-state index in [-0.39, 0.29) is 6.10 Å². The fraction of sp³-hybridized carbons (Fsp3) is 1.00.